The van der Waals surface area contributed by atoms with E-state index >= 15 is 0 Å². The lowest BCUT2D eigenvalue weighted by Gasteiger charge is -2.25. The zero-order valence-corrected chi connectivity index (χ0v) is 26.6. The fourth-order valence-electron chi connectivity index (χ4n) is 2.55. The van der Waals surface area contributed by atoms with Gasteiger partial charge in [0.25, 0.3) is 0 Å². The summed E-state index contributed by atoms with van der Waals surface area (Å²) in [7, 11) is 0. The molecule has 0 aliphatic carbocycles. The Morgan fingerprint density at radius 3 is 0.875 bits per heavy atom. The average Bonchev–Trinajstić information content (AvgIpc) is 2.64. The van der Waals surface area contributed by atoms with Crippen LogP contribution in [0.4, 0.5) is 0 Å². The molecule has 0 saturated carbocycles. The normalized spacial score (nSPS) is 16.8. The van der Waals surface area contributed by atoms with Gasteiger partial charge in [-0.2, -0.15) is 126 Å². The molecule has 0 aliphatic rings. The summed E-state index contributed by atoms with van der Waals surface area (Å²) in [4.78, 5) is 0. The number of rotatable bonds is 14. The highest BCUT2D eigenvalue weighted by atomic mass is 32.2. The van der Waals surface area contributed by atoms with Gasteiger partial charge in [-0.1, -0.05) is 48.6 Å². The maximum Gasteiger partial charge on any atom is 0.0622 e. The average molecular weight is 619 g/mol. The minimum atomic E-state index is -0.303. The van der Waals surface area contributed by atoms with Crippen LogP contribution in [-0.4, -0.2) is 27.8 Å². The van der Waals surface area contributed by atoms with Crippen molar-refractivity contribution in [1.82, 2.24) is 0 Å². The highest BCUT2D eigenvalue weighted by Gasteiger charge is 2.23. The van der Waals surface area contributed by atoms with Gasteiger partial charge in [0.05, 0.1) is 18.3 Å². The molecule has 0 bridgehead atoms. The molecular weight excluding hydrogens is 585 g/mol. The molecule has 32 heavy (non-hydrogen) atoms. The lowest BCUT2D eigenvalue weighted by molar-refractivity contribution is 0.614. The van der Waals surface area contributed by atoms with Crippen LogP contribution in [-0.2, 0) is 0 Å². The van der Waals surface area contributed by atoms with Crippen molar-refractivity contribution < 1.29 is 0 Å². The van der Waals surface area contributed by atoms with Gasteiger partial charge in [-0.15, -0.1) is 11.8 Å². The zero-order valence-electron chi connectivity index (χ0n) is 17.6. The van der Waals surface area contributed by atoms with Gasteiger partial charge in [-0.25, -0.2) is 0 Å². The van der Waals surface area contributed by atoms with E-state index in [0.717, 1.165) is 25.7 Å². The fraction of sp³-hybridized carbons (Fsp3) is 0.545. The molecule has 0 aromatic rings. The first-order chi connectivity index (χ1) is 14.9. The third-order valence-electron chi connectivity index (χ3n) is 4.18. The SMILES string of the molecule is SC(S)C=CCC(S)(CC#CCC(S)(CC=CC(S)S)CC=CC(S)S)CC=CC(S)S. The summed E-state index contributed by atoms with van der Waals surface area (Å²) in [5.41, 5.74) is 0. The Balaban J connectivity index is 5.31. The van der Waals surface area contributed by atoms with Crippen LogP contribution in [0.1, 0.15) is 38.5 Å². The van der Waals surface area contributed by atoms with E-state index < -0.39 is 0 Å². The summed E-state index contributed by atoms with van der Waals surface area (Å²) in [5.74, 6) is 6.66. The summed E-state index contributed by atoms with van der Waals surface area (Å²) < 4.78 is -0.985. The number of hydrogen-bond donors (Lipinski definition) is 10. The Hall–Kier alpha value is 2.02. The van der Waals surface area contributed by atoms with Crippen molar-refractivity contribution in [3.63, 3.8) is 0 Å². The molecule has 0 radical (unpaired) electrons. The molecule has 0 rings (SSSR count). The van der Waals surface area contributed by atoms with Crippen molar-refractivity contribution in [2.75, 3.05) is 0 Å². The Morgan fingerprint density at radius 2 is 0.688 bits per heavy atom. The second-order valence-electron chi connectivity index (χ2n) is 7.34. The molecule has 0 nitrogen and oxygen atoms in total. The van der Waals surface area contributed by atoms with E-state index in [1.54, 1.807) is 0 Å². The minimum Gasteiger partial charge on any atom is -0.171 e. The van der Waals surface area contributed by atoms with E-state index in [2.05, 4.69) is 137 Å². The summed E-state index contributed by atoms with van der Waals surface area (Å²) in [6.07, 6.45) is 20.3. The van der Waals surface area contributed by atoms with Gasteiger partial charge < -0.3 is 0 Å². The molecule has 0 unspecified atom stereocenters. The van der Waals surface area contributed by atoms with Crippen molar-refractivity contribution in [1.29, 1.82) is 0 Å². The van der Waals surface area contributed by atoms with Gasteiger partial charge in [0.2, 0.25) is 0 Å². The fourth-order valence-corrected chi connectivity index (χ4v) is 4.10. The number of hydrogen-bond acceptors (Lipinski definition) is 10. The monoisotopic (exact) mass is 618 g/mol. The Morgan fingerprint density at radius 1 is 0.469 bits per heavy atom. The van der Waals surface area contributed by atoms with Crippen molar-refractivity contribution in [2.45, 2.75) is 66.3 Å². The topological polar surface area (TPSA) is 0 Å². The van der Waals surface area contributed by atoms with Crippen LogP contribution in [0, 0.1) is 11.8 Å². The van der Waals surface area contributed by atoms with Crippen LogP contribution < -0.4 is 0 Å². The summed E-state index contributed by atoms with van der Waals surface area (Å²) in [6, 6.07) is 0. The first-order valence-corrected chi connectivity index (χ1v) is 14.9. The zero-order chi connectivity index (χ0) is 24.6. The van der Waals surface area contributed by atoms with Gasteiger partial charge in [0.1, 0.15) is 0 Å². The molecule has 10 heteroatoms. The van der Waals surface area contributed by atoms with Gasteiger partial charge in [0, 0.05) is 22.3 Å². The Kier molecular flexibility index (Phi) is 20.4. The second-order valence-corrected chi connectivity index (χ2v) is 15.3. The standard InChI is InChI=1S/C22H34S10/c23-17(24)7-3-13-21(31,14-4-8-18(25)26)11-1-2-12-22(32,15-5-9-19(27)28)16-6-10-20(29)30/h3-10,17-20,23-32H,11-16H2. The second kappa shape index (κ2) is 19.2. The number of allylic oxidation sites excluding steroid dienone is 4. The van der Waals surface area contributed by atoms with Crippen molar-refractivity contribution >= 4 is 126 Å². The van der Waals surface area contributed by atoms with Gasteiger partial charge >= 0.3 is 0 Å². The molecule has 0 spiro atoms. The maximum atomic E-state index is 4.95. The molecule has 0 heterocycles. The molecular formula is C22H34S10. The van der Waals surface area contributed by atoms with Crippen LogP contribution in [0.25, 0.3) is 0 Å². The summed E-state index contributed by atoms with van der Waals surface area (Å²) in [5, 5.41) is 0. The molecule has 0 aromatic carbocycles. The number of thiol groups is 10. The molecule has 0 amide bonds. The van der Waals surface area contributed by atoms with Crippen LogP contribution in [0.2, 0.25) is 0 Å². The molecule has 0 fully saturated rings. The first kappa shape index (κ1) is 34.0. The van der Waals surface area contributed by atoms with Gasteiger partial charge in [0.15, 0.2) is 0 Å². The van der Waals surface area contributed by atoms with E-state index in [9.17, 15) is 0 Å². The highest BCUT2D eigenvalue weighted by Crippen LogP contribution is 2.31. The van der Waals surface area contributed by atoms with Crippen LogP contribution in [0.5, 0.6) is 0 Å². The third kappa shape index (κ3) is 20.2. The van der Waals surface area contributed by atoms with Gasteiger partial charge in [-0.3, -0.25) is 0 Å². The molecule has 0 aromatic heterocycles. The summed E-state index contributed by atoms with van der Waals surface area (Å²) in [6.45, 7) is 0. The van der Waals surface area contributed by atoms with Crippen molar-refractivity contribution in [3.05, 3.63) is 48.6 Å². The minimum absolute atomic E-state index is 0.0948. The van der Waals surface area contributed by atoms with E-state index in [1.165, 1.54) is 0 Å². The smallest absolute Gasteiger partial charge is 0.0622 e. The largest absolute Gasteiger partial charge is 0.171 e. The van der Waals surface area contributed by atoms with E-state index in [0.29, 0.717) is 12.8 Å². The van der Waals surface area contributed by atoms with Crippen molar-refractivity contribution in [3.8, 4) is 11.8 Å². The van der Waals surface area contributed by atoms with E-state index in [1.807, 2.05) is 24.3 Å². The van der Waals surface area contributed by atoms with E-state index in [4.69, 9.17) is 25.3 Å². The Labute approximate surface area is 250 Å². The maximum absolute atomic E-state index is 4.95. The van der Waals surface area contributed by atoms with Gasteiger partial charge in [-0.05, 0) is 25.7 Å². The summed E-state index contributed by atoms with van der Waals surface area (Å²) >= 11 is 44.1. The highest BCUT2D eigenvalue weighted by molar-refractivity contribution is 8.00. The predicted molar refractivity (Wildman–Crippen MR) is 183 cm³/mol. The van der Waals surface area contributed by atoms with Crippen LogP contribution in [0.3, 0.4) is 0 Å². The first-order valence-electron chi connectivity index (χ1n) is 9.89. The molecule has 0 saturated heterocycles. The van der Waals surface area contributed by atoms with Crippen LogP contribution in [0.15, 0.2) is 48.6 Å². The lowest BCUT2D eigenvalue weighted by Crippen LogP contribution is -2.20. The molecule has 0 atom stereocenters. The van der Waals surface area contributed by atoms with Crippen LogP contribution >= 0.6 is 126 Å². The molecule has 0 aliphatic heterocycles. The molecule has 0 N–H and O–H groups in total. The molecule has 182 valence electrons. The third-order valence-corrected chi connectivity index (χ3v) is 6.61. The Bertz CT molecular complexity index is 585. The predicted octanol–water partition coefficient (Wildman–Crippen LogP) is 7.64. The van der Waals surface area contributed by atoms with Crippen molar-refractivity contribution in [2.24, 2.45) is 0 Å². The quantitative estimate of drug-likeness (QED) is 0.0403. The lowest BCUT2D eigenvalue weighted by atomic mass is 9.93. The van der Waals surface area contributed by atoms with E-state index in [-0.39, 0.29) is 27.8 Å².